The van der Waals surface area contributed by atoms with Crippen LogP contribution in [0.25, 0.3) is 0 Å². The predicted molar refractivity (Wildman–Crippen MR) is 110 cm³/mol. The van der Waals surface area contributed by atoms with Gasteiger partial charge in [0.15, 0.2) is 15.5 Å². The van der Waals surface area contributed by atoms with Crippen LogP contribution in [0.4, 0.5) is 13.2 Å². The number of nitrogens with zero attached hydrogens (tertiary/aromatic N) is 3. The van der Waals surface area contributed by atoms with Gasteiger partial charge in [-0.2, -0.15) is 18.2 Å². The van der Waals surface area contributed by atoms with E-state index in [1.807, 2.05) is 0 Å². The fraction of sp³-hybridized carbons (Fsp3) is 0.476. The molecule has 0 saturated carbocycles. The van der Waals surface area contributed by atoms with Crippen LogP contribution in [-0.2, 0) is 27.2 Å². The van der Waals surface area contributed by atoms with Crippen molar-refractivity contribution >= 4 is 15.7 Å². The molecular formula is C21H24F3N3O4S. The molecule has 0 bridgehead atoms. The molecule has 1 aliphatic rings. The average molecular weight is 472 g/mol. The normalized spacial score (nSPS) is 17.4. The number of alkyl halides is 3. The summed E-state index contributed by atoms with van der Waals surface area (Å²) in [7, 11) is -3.39. The third kappa shape index (κ3) is 5.76. The molecule has 1 fully saturated rings. The largest absolute Gasteiger partial charge is 0.458 e. The number of aromatic nitrogens is 2. The fourth-order valence-electron chi connectivity index (χ4n) is 3.32. The zero-order valence-corrected chi connectivity index (χ0v) is 18.5. The molecule has 0 aliphatic carbocycles. The summed E-state index contributed by atoms with van der Waals surface area (Å²) in [6.07, 6.45) is -2.87. The molecule has 3 rings (SSSR count). The Labute approximate surface area is 184 Å². The Kier molecular flexibility index (Phi) is 7.06. The van der Waals surface area contributed by atoms with Gasteiger partial charge in [0.2, 0.25) is 5.91 Å². The van der Waals surface area contributed by atoms with Crippen LogP contribution >= 0.6 is 0 Å². The monoisotopic (exact) mass is 471 g/mol. The molecule has 174 valence electrons. The lowest BCUT2D eigenvalue weighted by atomic mass is 10.1. The molecule has 11 heteroatoms. The van der Waals surface area contributed by atoms with E-state index in [1.54, 1.807) is 30.9 Å². The molecule has 0 spiro atoms. The van der Waals surface area contributed by atoms with Crippen molar-refractivity contribution < 1.29 is 31.1 Å². The highest BCUT2D eigenvalue weighted by Gasteiger charge is 2.33. The highest BCUT2D eigenvalue weighted by Crippen LogP contribution is 2.28. The first-order valence-corrected chi connectivity index (χ1v) is 11.7. The summed E-state index contributed by atoms with van der Waals surface area (Å²) < 4.78 is 68.4. The Hall–Kier alpha value is -2.69. The van der Waals surface area contributed by atoms with Gasteiger partial charge in [0.25, 0.3) is 0 Å². The number of likely N-dealkylation sites (tertiary alicyclic amines) is 1. The molecule has 2 heterocycles. The van der Waals surface area contributed by atoms with Crippen molar-refractivity contribution in [1.82, 2.24) is 14.9 Å². The summed E-state index contributed by atoms with van der Waals surface area (Å²) in [5.74, 6) is -0.178. The molecule has 0 radical (unpaired) electrons. The van der Waals surface area contributed by atoms with Crippen LogP contribution < -0.4 is 4.74 Å². The van der Waals surface area contributed by atoms with Gasteiger partial charge in [-0.05, 0) is 50.5 Å². The Bertz CT molecular complexity index is 1060. The van der Waals surface area contributed by atoms with E-state index in [9.17, 15) is 26.4 Å². The molecular weight excluding hydrogens is 447 g/mol. The number of carbonyl (C=O) groups excluding carboxylic acids is 1. The number of benzene rings is 1. The number of rotatable bonds is 6. The highest BCUT2D eigenvalue weighted by atomic mass is 32.2. The van der Waals surface area contributed by atoms with E-state index in [1.165, 1.54) is 12.1 Å². The third-order valence-corrected chi connectivity index (χ3v) is 7.33. The summed E-state index contributed by atoms with van der Waals surface area (Å²) in [4.78, 5) is 21.6. The molecule has 1 saturated heterocycles. The quantitative estimate of drug-likeness (QED) is 0.642. The maximum atomic E-state index is 12.8. The molecule has 0 N–H and O–H groups in total. The van der Waals surface area contributed by atoms with Crippen molar-refractivity contribution in [2.75, 3.05) is 13.1 Å². The van der Waals surface area contributed by atoms with Crippen LogP contribution in [0.1, 0.15) is 37.9 Å². The van der Waals surface area contributed by atoms with Crippen LogP contribution in [0.2, 0.25) is 0 Å². The predicted octanol–water partition coefficient (Wildman–Crippen LogP) is 3.29. The number of amides is 1. The van der Waals surface area contributed by atoms with E-state index in [4.69, 9.17) is 4.74 Å². The molecule has 1 aromatic heterocycles. The summed E-state index contributed by atoms with van der Waals surface area (Å²) in [6.45, 7) is 3.91. The van der Waals surface area contributed by atoms with Gasteiger partial charge in [-0.25, -0.2) is 13.4 Å². The van der Waals surface area contributed by atoms with Crippen LogP contribution in [-0.4, -0.2) is 53.6 Å². The van der Waals surface area contributed by atoms with Gasteiger partial charge in [0, 0.05) is 12.7 Å². The second-order valence-electron chi connectivity index (χ2n) is 7.86. The van der Waals surface area contributed by atoms with E-state index in [-0.39, 0.29) is 29.8 Å². The lowest BCUT2D eigenvalue weighted by Gasteiger charge is -2.32. The van der Waals surface area contributed by atoms with E-state index in [0.29, 0.717) is 24.9 Å². The van der Waals surface area contributed by atoms with E-state index in [0.717, 1.165) is 12.3 Å². The van der Waals surface area contributed by atoms with Crippen molar-refractivity contribution in [2.24, 2.45) is 0 Å². The lowest BCUT2D eigenvalue weighted by Crippen LogP contribution is -2.45. The minimum absolute atomic E-state index is 0.0782. The Balaban J connectivity index is 1.61. The van der Waals surface area contributed by atoms with Gasteiger partial charge in [-0.15, -0.1) is 0 Å². The Morgan fingerprint density at radius 1 is 1.22 bits per heavy atom. The van der Waals surface area contributed by atoms with Crippen molar-refractivity contribution in [3.8, 4) is 6.01 Å². The summed E-state index contributed by atoms with van der Waals surface area (Å²) in [5, 5.41) is -0.541. The topological polar surface area (TPSA) is 89.5 Å². The standard InChI is InChI=1S/C21H24F3N3O4S/c1-14(2)32(29,30)17-7-5-15(6-8-17)12-19(28)27-11-3-4-16(13-27)31-20-25-10-9-18(26-20)21(22,23)24/h5-10,14,16H,3-4,11-13H2,1-2H3. The van der Waals surface area contributed by atoms with Crippen molar-refractivity contribution in [2.45, 2.75) is 55.5 Å². The van der Waals surface area contributed by atoms with E-state index in [2.05, 4.69) is 9.97 Å². The van der Waals surface area contributed by atoms with Crippen molar-refractivity contribution in [1.29, 1.82) is 0 Å². The third-order valence-electron chi connectivity index (χ3n) is 5.15. The van der Waals surface area contributed by atoms with Crippen LogP contribution in [0.5, 0.6) is 6.01 Å². The zero-order valence-electron chi connectivity index (χ0n) is 17.7. The number of carbonyl (C=O) groups is 1. The molecule has 1 unspecified atom stereocenters. The molecule has 7 nitrogen and oxygen atoms in total. The van der Waals surface area contributed by atoms with Gasteiger partial charge in [-0.3, -0.25) is 4.79 Å². The molecule has 2 aromatic rings. The van der Waals surface area contributed by atoms with E-state index < -0.39 is 33.1 Å². The summed E-state index contributed by atoms with van der Waals surface area (Å²) >= 11 is 0. The smallest absolute Gasteiger partial charge is 0.433 e. The number of hydrogen-bond acceptors (Lipinski definition) is 6. The zero-order chi connectivity index (χ0) is 23.5. The second kappa shape index (κ2) is 9.43. The van der Waals surface area contributed by atoms with Crippen LogP contribution in [0.3, 0.4) is 0 Å². The minimum atomic E-state index is -4.60. The maximum absolute atomic E-state index is 12.8. The highest BCUT2D eigenvalue weighted by molar-refractivity contribution is 7.92. The Morgan fingerprint density at radius 3 is 2.53 bits per heavy atom. The first-order chi connectivity index (χ1) is 15.0. The SMILES string of the molecule is CC(C)S(=O)(=O)c1ccc(CC(=O)N2CCCC(Oc3nccc(C(F)(F)F)n3)C2)cc1. The number of piperidine rings is 1. The van der Waals surface area contributed by atoms with Gasteiger partial charge < -0.3 is 9.64 Å². The molecule has 1 aromatic carbocycles. The fourth-order valence-corrected chi connectivity index (χ4v) is 4.38. The van der Waals surface area contributed by atoms with Gasteiger partial charge in [-0.1, -0.05) is 12.1 Å². The molecule has 1 atom stereocenters. The van der Waals surface area contributed by atoms with Crippen LogP contribution in [0.15, 0.2) is 41.4 Å². The van der Waals surface area contributed by atoms with Gasteiger partial charge >= 0.3 is 12.2 Å². The average Bonchev–Trinajstić information content (AvgIpc) is 2.74. The number of sulfone groups is 1. The first kappa shape index (κ1) is 24.0. The number of halogens is 3. The first-order valence-electron chi connectivity index (χ1n) is 10.1. The van der Waals surface area contributed by atoms with Gasteiger partial charge in [0.1, 0.15) is 6.10 Å². The van der Waals surface area contributed by atoms with Crippen molar-refractivity contribution in [3.05, 3.63) is 47.8 Å². The maximum Gasteiger partial charge on any atom is 0.433 e. The van der Waals surface area contributed by atoms with Crippen LogP contribution in [0, 0.1) is 0 Å². The van der Waals surface area contributed by atoms with Gasteiger partial charge in [0.05, 0.1) is 23.1 Å². The molecule has 1 amide bonds. The van der Waals surface area contributed by atoms with Crippen molar-refractivity contribution in [3.63, 3.8) is 0 Å². The Morgan fingerprint density at radius 2 is 1.91 bits per heavy atom. The minimum Gasteiger partial charge on any atom is -0.458 e. The number of hydrogen-bond donors (Lipinski definition) is 0. The lowest BCUT2D eigenvalue weighted by molar-refractivity contribution is -0.141. The summed E-state index contributed by atoms with van der Waals surface area (Å²) in [6, 6.07) is 6.60. The molecule has 1 aliphatic heterocycles. The number of ether oxygens (including phenoxy) is 1. The molecule has 32 heavy (non-hydrogen) atoms. The van der Waals surface area contributed by atoms with E-state index >= 15 is 0 Å². The second-order valence-corrected chi connectivity index (χ2v) is 10.4. The summed E-state index contributed by atoms with van der Waals surface area (Å²) in [5.41, 5.74) is -0.420.